The van der Waals surface area contributed by atoms with Crippen molar-refractivity contribution >= 4 is 50.2 Å². The molecule has 4 aliphatic heterocycles. The average molecular weight is 769 g/mol. The van der Waals surface area contributed by atoms with Crippen LogP contribution >= 0.6 is 21.6 Å². The van der Waals surface area contributed by atoms with Gasteiger partial charge < -0.3 is 35.2 Å². The summed E-state index contributed by atoms with van der Waals surface area (Å²) in [6.45, 7) is 5.86. The number of nitrogens with two attached hydrogens (primary N) is 1. The van der Waals surface area contributed by atoms with E-state index in [1.165, 1.54) is 6.07 Å². The molecule has 282 valence electrons. The smallest absolute Gasteiger partial charge is 0.336 e. The van der Waals surface area contributed by atoms with E-state index in [1.807, 2.05) is 44.0 Å². The molecule has 1 spiro atoms. The molecule has 4 N–H and O–H groups in total. The summed E-state index contributed by atoms with van der Waals surface area (Å²) < 4.78 is 19.4. The molecule has 0 unspecified atom stereocenters. The normalized spacial score (nSPS) is 35.6. The quantitative estimate of drug-likeness (QED) is 0.133. The Morgan fingerprint density at radius 1 is 1.22 bits per heavy atom. The number of fused-ring (bicyclic) bond motifs is 7. The molecular formula is C41H44N4O7S2. The third kappa shape index (κ3) is 5.28. The van der Waals surface area contributed by atoms with Crippen molar-refractivity contribution in [2.45, 2.75) is 81.0 Å². The molecule has 1 saturated carbocycles. The molecule has 1 amide bonds. The van der Waals surface area contributed by atoms with Crippen LogP contribution in [0.2, 0.25) is 0 Å². The van der Waals surface area contributed by atoms with Gasteiger partial charge in [0.25, 0.3) is 0 Å². The van der Waals surface area contributed by atoms with E-state index in [0.717, 1.165) is 27.7 Å². The van der Waals surface area contributed by atoms with Crippen LogP contribution in [0, 0.1) is 17.8 Å². The summed E-state index contributed by atoms with van der Waals surface area (Å²) in [5.74, 6) is 0.928. The predicted octanol–water partition coefficient (Wildman–Crippen LogP) is 4.48. The van der Waals surface area contributed by atoms with Crippen molar-refractivity contribution in [3.05, 3.63) is 98.7 Å². The van der Waals surface area contributed by atoms with Crippen LogP contribution in [-0.4, -0.2) is 76.5 Å². The monoisotopic (exact) mass is 768 g/mol. The largest absolute Gasteiger partial charge is 0.481 e. The molecule has 13 heteroatoms. The van der Waals surface area contributed by atoms with Crippen molar-refractivity contribution in [2.24, 2.45) is 23.5 Å². The summed E-state index contributed by atoms with van der Waals surface area (Å²) in [6, 6.07) is 6.75. The van der Waals surface area contributed by atoms with Crippen molar-refractivity contribution in [3.8, 4) is 5.75 Å². The third-order valence-electron chi connectivity index (χ3n) is 13.0. The van der Waals surface area contributed by atoms with Crippen molar-refractivity contribution in [1.29, 1.82) is 0 Å². The molecule has 1 saturated heterocycles. The van der Waals surface area contributed by atoms with E-state index in [1.54, 1.807) is 52.8 Å². The molecule has 2 bridgehead atoms. The Bertz CT molecular complexity index is 2220. The van der Waals surface area contributed by atoms with Crippen LogP contribution in [0.25, 0.3) is 11.0 Å². The van der Waals surface area contributed by atoms with Gasteiger partial charge in [0.05, 0.1) is 30.2 Å². The van der Waals surface area contributed by atoms with Crippen LogP contribution in [0.1, 0.15) is 45.6 Å². The molecule has 11 nitrogen and oxygen atoms in total. The Balaban J connectivity index is 1.20. The highest BCUT2D eigenvalue weighted by Crippen LogP contribution is 2.59. The molecule has 2 aromatic rings. The second-order valence-electron chi connectivity index (χ2n) is 15.8. The first-order valence-electron chi connectivity index (χ1n) is 18.7. The maximum absolute atomic E-state index is 14.7. The summed E-state index contributed by atoms with van der Waals surface area (Å²) in [4.78, 5) is 56.1. The average Bonchev–Trinajstić information content (AvgIpc) is 3.50. The number of rotatable bonds is 3. The first-order valence-corrected chi connectivity index (χ1v) is 21.1. The number of carbonyl (C=O) groups is 3. The van der Waals surface area contributed by atoms with Crippen LogP contribution in [0.4, 0.5) is 0 Å². The van der Waals surface area contributed by atoms with E-state index in [9.17, 15) is 19.2 Å². The first-order chi connectivity index (χ1) is 25.9. The molecule has 5 heterocycles. The number of nitrogens with one attached hydrogen (secondary N) is 2. The third-order valence-corrected chi connectivity index (χ3v) is 15.8. The fourth-order valence-electron chi connectivity index (χ4n) is 10.2. The van der Waals surface area contributed by atoms with Crippen molar-refractivity contribution in [1.82, 2.24) is 15.5 Å². The molecule has 7 aliphatic rings. The van der Waals surface area contributed by atoms with E-state index >= 15 is 0 Å². The number of esters is 1. The highest BCUT2D eigenvalue weighted by Gasteiger charge is 2.65. The van der Waals surface area contributed by atoms with Crippen LogP contribution in [0.15, 0.2) is 92.0 Å². The van der Waals surface area contributed by atoms with Crippen LogP contribution in [-0.2, 0) is 25.5 Å². The highest BCUT2D eigenvalue weighted by atomic mass is 33.1. The second-order valence-corrected chi connectivity index (χ2v) is 18.4. The van der Waals surface area contributed by atoms with Crippen molar-refractivity contribution in [2.75, 3.05) is 19.3 Å². The number of ether oxygens (including phenoxy) is 2. The van der Waals surface area contributed by atoms with Crippen LogP contribution in [0.5, 0.6) is 5.75 Å². The van der Waals surface area contributed by atoms with Gasteiger partial charge in [-0.3, -0.25) is 9.59 Å². The molecule has 3 aliphatic carbocycles. The van der Waals surface area contributed by atoms with Gasteiger partial charge in [0.2, 0.25) is 5.91 Å². The van der Waals surface area contributed by atoms with E-state index in [-0.39, 0.29) is 53.3 Å². The lowest BCUT2D eigenvalue weighted by Crippen LogP contribution is -2.75. The molecule has 9 atom stereocenters. The zero-order valence-corrected chi connectivity index (χ0v) is 32.3. The van der Waals surface area contributed by atoms with Crippen molar-refractivity contribution < 1.29 is 28.3 Å². The van der Waals surface area contributed by atoms with E-state index in [0.29, 0.717) is 54.3 Å². The maximum Gasteiger partial charge on any atom is 0.336 e. The Morgan fingerprint density at radius 3 is 2.85 bits per heavy atom. The zero-order chi connectivity index (χ0) is 37.7. The van der Waals surface area contributed by atoms with E-state index in [4.69, 9.17) is 19.6 Å². The summed E-state index contributed by atoms with van der Waals surface area (Å²) >= 11 is 0. The van der Waals surface area contributed by atoms with Gasteiger partial charge in [-0.15, -0.1) is 0 Å². The van der Waals surface area contributed by atoms with Crippen LogP contribution in [0.3, 0.4) is 0 Å². The number of allylic oxidation sites excluding steroid dienone is 3. The minimum atomic E-state index is -1.16. The van der Waals surface area contributed by atoms with Gasteiger partial charge in [0.15, 0.2) is 17.0 Å². The first kappa shape index (κ1) is 35.5. The van der Waals surface area contributed by atoms with E-state index in [2.05, 4.69) is 16.7 Å². The lowest BCUT2D eigenvalue weighted by Gasteiger charge is -2.62. The Morgan fingerprint density at radius 2 is 2.06 bits per heavy atom. The second kappa shape index (κ2) is 12.9. The number of dihydropyridines is 1. The van der Waals surface area contributed by atoms with Crippen molar-refractivity contribution in [3.63, 3.8) is 0 Å². The van der Waals surface area contributed by atoms with E-state index < -0.39 is 28.7 Å². The minimum absolute atomic E-state index is 0.00627. The number of hydrogen-bond acceptors (Lipinski definition) is 12. The lowest BCUT2D eigenvalue weighted by molar-refractivity contribution is -0.186. The van der Waals surface area contributed by atoms with Gasteiger partial charge in [-0.25, -0.2) is 9.59 Å². The summed E-state index contributed by atoms with van der Waals surface area (Å²) in [5.41, 5.74) is 8.46. The Labute approximate surface area is 321 Å². The zero-order valence-electron chi connectivity index (χ0n) is 30.7. The summed E-state index contributed by atoms with van der Waals surface area (Å²) in [6.07, 6.45) is 11.1. The number of carbonyl (C=O) groups excluding carboxylic acids is 3. The molecule has 2 fully saturated rings. The topological polar surface area (TPSA) is 153 Å². The van der Waals surface area contributed by atoms with Crippen LogP contribution < -0.4 is 26.7 Å². The Kier molecular flexibility index (Phi) is 8.51. The predicted molar refractivity (Wildman–Crippen MR) is 208 cm³/mol. The van der Waals surface area contributed by atoms with Gasteiger partial charge in [0, 0.05) is 71.4 Å². The van der Waals surface area contributed by atoms with Gasteiger partial charge in [-0.2, -0.15) is 0 Å². The standard InChI is InChI=1S/C41H44N4O7S2/c1-5-20(2)39(49)52-40(3)11-10-22-19-53-54-31-14-26-28(46)8-7-27-35(37(26)43-4)38(31)45(27)33(47)13-24-18-44-32(42)15-25(24)36(22)41(40)17-23-12-21-6-9-34(48)50-29(21)16-30(23)51-41/h5-10,12,15-16,26-27,31,35-38,43-44H,11,13-14,17-19,42H2,1-4H3/b20-5+/t26-,27+,31+,35+,36-,37+,38-,40-,41-/m1/s1. The SMILES string of the molecule is C/C=C(\C)C(=O)O[C@]1(C)CC=C2CSS[C@H]3C[C@@H]4C(=O)C=C[C@H]5[C@@H]([C@H]4NC)[C@@H]3N5C(=O)CC3=C(C=C(N)NC3)[C@@H]2[C@]12Cc1cc3ccc(=O)oc3cc1O2. The number of ketones is 1. The Hall–Kier alpha value is -4.20. The number of nitrogens with zero attached hydrogens (tertiary/aromatic N) is 1. The van der Waals surface area contributed by atoms with Gasteiger partial charge in [0.1, 0.15) is 11.3 Å². The molecule has 9 rings (SSSR count). The molecule has 1 aromatic heterocycles. The molecule has 1 aromatic carbocycles. The number of benzene rings is 1. The van der Waals surface area contributed by atoms with Gasteiger partial charge in [-0.1, -0.05) is 45.4 Å². The fraction of sp³-hybridized carbons (Fsp3) is 0.463. The lowest BCUT2D eigenvalue weighted by atomic mass is 9.61. The highest BCUT2D eigenvalue weighted by molar-refractivity contribution is 8.77. The molecule has 54 heavy (non-hydrogen) atoms. The van der Waals surface area contributed by atoms with Gasteiger partial charge in [-0.05, 0) is 75.2 Å². The summed E-state index contributed by atoms with van der Waals surface area (Å²) in [7, 11) is 5.45. The minimum Gasteiger partial charge on any atom is -0.481 e. The maximum atomic E-state index is 14.7. The molecular weight excluding hydrogens is 725 g/mol. The molecule has 0 radical (unpaired) electrons. The van der Waals surface area contributed by atoms with Gasteiger partial charge >= 0.3 is 11.6 Å². The number of amides is 1. The fourth-order valence-corrected chi connectivity index (χ4v) is 13.3. The number of hydrogen-bond donors (Lipinski definition) is 3. The summed E-state index contributed by atoms with van der Waals surface area (Å²) in [5, 5.41) is 7.59.